The van der Waals surface area contributed by atoms with Gasteiger partial charge in [-0.1, -0.05) is 13.8 Å². The minimum Gasteiger partial charge on any atom is -1.00 e. The third kappa shape index (κ3) is 3.93. The van der Waals surface area contributed by atoms with Crippen LogP contribution in [-0.2, 0) is 4.74 Å². The van der Waals surface area contributed by atoms with Crippen molar-refractivity contribution in [3.05, 3.63) is 0 Å². The van der Waals surface area contributed by atoms with Gasteiger partial charge in [0.25, 0.3) is 0 Å². The molecule has 0 saturated heterocycles. The van der Waals surface area contributed by atoms with Crippen molar-refractivity contribution in [2.24, 2.45) is 23.7 Å². The Balaban J connectivity index is 0.00000161. The second kappa shape index (κ2) is 7.63. The molecule has 4 rings (SSSR count). The van der Waals surface area contributed by atoms with Gasteiger partial charge in [-0.15, -0.1) is 0 Å². The summed E-state index contributed by atoms with van der Waals surface area (Å²) in [6.07, 6.45) is 7.19. The van der Waals surface area contributed by atoms with Crippen molar-refractivity contribution >= 4 is 0 Å². The zero-order valence-corrected chi connectivity index (χ0v) is 14.3. The van der Waals surface area contributed by atoms with Crippen LogP contribution in [0.25, 0.3) is 0 Å². The van der Waals surface area contributed by atoms with E-state index in [0.29, 0.717) is 12.7 Å². The first kappa shape index (κ1) is 17.5. The summed E-state index contributed by atoms with van der Waals surface area (Å²) in [6, 6.07) is 0. The van der Waals surface area contributed by atoms with Crippen molar-refractivity contribution in [2.45, 2.75) is 58.2 Å². The molecular weight excluding hydrogens is 286 g/mol. The van der Waals surface area contributed by atoms with Crippen molar-refractivity contribution < 1.29 is 22.3 Å². The average Bonchev–Trinajstić information content (AvgIpc) is 2.43. The summed E-state index contributed by atoms with van der Waals surface area (Å²) in [6.45, 7) is 7.59. The molecule has 4 heteroatoms. The van der Waals surface area contributed by atoms with Gasteiger partial charge < -0.3 is 27.2 Å². The number of aliphatic hydroxyl groups excluding tert-OH is 1. The molecule has 4 bridgehead atoms. The van der Waals surface area contributed by atoms with E-state index in [1.807, 2.05) is 0 Å². The molecule has 0 aromatic heterocycles. The average molecular weight is 317 g/mol. The van der Waals surface area contributed by atoms with Crippen LogP contribution in [0, 0.1) is 23.7 Å². The highest BCUT2D eigenvalue weighted by molar-refractivity contribution is 4.99. The van der Waals surface area contributed by atoms with Crippen LogP contribution in [-0.4, -0.2) is 48.5 Å². The van der Waals surface area contributed by atoms with Crippen LogP contribution >= 0.6 is 0 Å². The van der Waals surface area contributed by atoms with E-state index in [1.165, 1.54) is 32.1 Å². The smallest absolute Gasteiger partial charge is 0.0900 e. The Labute approximate surface area is 135 Å². The van der Waals surface area contributed by atoms with Crippen LogP contribution in [0.1, 0.15) is 46.0 Å². The lowest BCUT2D eigenvalue weighted by molar-refractivity contribution is -0.141. The number of rotatable bonds is 7. The maximum absolute atomic E-state index is 10.2. The second-order valence-corrected chi connectivity index (χ2v) is 7.37. The molecule has 0 spiro atoms. The van der Waals surface area contributed by atoms with E-state index in [1.54, 1.807) is 0 Å². The van der Waals surface area contributed by atoms with Gasteiger partial charge in [-0.25, -0.2) is 0 Å². The first-order chi connectivity index (χ1) is 9.69. The molecule has 4 aliphatic rings. The number of halogens is 1. The molecule has 0 amide bonds. The van der Waals surface area contributed by atoms with Crippen LogP contribution in [0.15, 0.2) is 0 Å². The SMILES string of the molecule is CCN(CC)CC(O)COC1C2CC3CC(C2)CC1C3.[Cl-]. The molecule has 0 aromatic carbocycles. The number of aliphatic hydroxyl groups is 1. The van der Waals surface area contributed by atoms with Crippen LogP contribution < -0.4 is 12.4 Å². The molecule has 3 nitrogen and oxygen atoms in total. The molecule has 1 N–H and O–H groups in total. The molecule has 124 valence electrons. The van der Waals surface area contributed by atoms with Gasteiger partial charge in [0.15, 0.2) is 0 Å². The molecule has 21 heavy (non-hydrogen) atoms. The Hall–Kier alpha value is 0.170. The van der Waals surface area contributed by atoms with Crippen LogP contribution in [0.3, 0.4) is 0 Å². The van der Waals surface area contributed by atoms with Gasteiger partial charge in [-0.2, -0.15) is 0 Å². The molecular formula is C17H31ClNO2-. The Kier molecular flexibility index (Phi) is 6.37. The van der Waals surface area contributed by atoms with E-state index in [4.69, 9.17) is 4.74 Å². The Morgan fingerprint density at radius 2 is 1.52 bits per heavy atom. The summed E-state index contributed by atoms with van der Waals surface area (Å²) in [5.74, 6) is 3.59. The minimum atomic E-state index is -0.327. The summed E-state index contributed by atoms with van der Waals surface area (Å²) < 4.78 is 6.19. The molecule has 0 heterocycles. The predicted molar refractivity (Wildman–Crippen MR) is 80.6 cm³/mol. The van der Waals surface area contributed by atoms with Gasteiger partial charge in [0, 0.05) is 6.54 Å². The highest BCUT2D eigenvalue weighted by atomic mass is 35.5. The molecule has 1 atom stereocenters. The number of likely N-dealkylation sites (N-methyl/N-ethyl adjacent to an activating group) is 1. The lowest BCUT2D eigenvalue weighted by Crippen LogP contribution is -3.00. The van der Waals surface area contributed by atoms with Crippen molar-refractivity contribution in [3.63, 3.8) is 0 Å². The second-order valence-electron chi connectivity index (χ2n) is 7.37. The van der Waals surface area contributed by atoms with Gasteiger partial charge >= 0.3 is 0 Å². The van der Waals surface area contributed by atoms with E-state index in [0.717, 1.165) is 43.3 Å². The first-order valence-corrected chi connectivity index (χ1v) is 8.71. The largest absolute Gasteiger partial charge is 1.00 e. The van der Waals surface area contributed by atoms with E-state index in [-0.39, 0.29) is 18.5 Å². The number of hydrogen-bond donors (Lipinski definition) is 1. The minimum absolute atomic E-state index is 0. The zero-order chi connectivity index (χ0) is 14.1. The summed E-state index contributed by atoms with van der Waals surface area (Å²) in [5.41, 5.74) is 0. The van der Waals surface area contributed by atoms with Crippen LogP contribution in [0.5, 0.6) is 0 Å². The Morgan fingerprint density at radius 3 is 2.00 bits per heavy atom. The fourth-order valence-electron chi connectivity index (χ4n) is 5.20. The normalized spacial score (nSPS) is 38.6. The zero-order valence-electron chi connectivity index (χ0n) is 13.5. The van der Waals surface area contributed by atoms with Gasteiger partial charge in [0.1, 0.15) is 0 Å². The topological polar surface area (TPSA) is 32.7 Å². The third-order valence-corrected chi connectivity index (χ3v) is 5.98. The summed E-state index contributed by atoms with van der Waals surface area (Å²) >= 11 is 0. The van der Waals surface area contributed by atoms with E-state index in [2.05, 4.69) is 18.7 Å². The Morgan fingerprint density at radius 1 is 1.00 bits per heavy atom. The molecule has 0 radical (unpaired) electrons. The fraction of sp³-hybridized carbons (Fsp3) is 1.00. The van der Waals surface area contributed by atoms with Crippen molar-refractivity contribution in [1.82, 2.24) is 4.90 Å². The van der Waals surface area contributed by atoms with Gasteiger partial charge in [-0.05, 0) is 68.9 Å². The monoisotopic (exact) mass is 316 g/mol. The standard InChI is InChI=1S/C17H31NO2.ClH/c1-3-18(4-2)10-16(19)11-20-17-14-6-12-5-13(8-14)9-15(17)7-12;/h12-17,19H,3-11H2,1-2H3;1H/p-1. The lowest BCUT2D eigenvalue weighted by atomic mass is 9.55. The molecule has 4 saturated carbocycles. The Bertz CT molecular complexity index is 294. The van der Waals surface area contributed by atoms with E-state index in [9.17, 15) is 5.11 Å². The summed E-state index contributed by atoms with van der Waals surface area (Å²) in [4.78, 5) is 2.27. The quantitative estimate of drug-likeness (QED) is 0.689. The molecule has 0 aromatic rings. The highest BCUT2D eigenvalue weighted by Crippen LogP contribution is 2.54. The fourth-order valence-corrected chi connectivity index (χ4v) is 5.20. The summed E-state index contributed by atoms with van der Waals surface area (Å²) in [7, 11) is 0. The molecule has 4 aliphatic carbocycles. The number of hydrogen-bond acceptors (Lipinski definition) is 3. The van der Waals surface area contributed by atoms with Gasteiger partial charge in [0.2, 0.25) is 0 Å². The lowest BCUT2D eigenvalue weighted by Gasteiger charge is -2.54. The maximum atomic E-state index is 10.2. The highest BCUT2D eigenvalue weighted by Gasteiger charge is 2.48. The van der Waals surface area contributed by atoms with Crippen molar-refractivity contribution in [2.75, 3.05) is 26.2 Å². The van der Waals surface area contributed by atoms with Gasteiger partial charge in [0.05, 0.1) is 18.8 Å². The molecule has 4 fully saturated rings. The molecule has 0 aliphatic heterocycles. The van der Waals surface area contributed by atoms with Crippen LogP contribution in [0.2, 0.25) is 0 Å². The first-order valence-electron chi connectivity index (χ1n) is 8.71. The van der Waals surface area contributed by atoms with Gasteiger partial charge in [-0.3, -0.25) is 0 Å². The third-order valence-electron chi connectivity index (χ3n) is 5.98. The number of nitrogens with zero attached hydrogens (tertiary/aromatic N) is 1. The maximum Gasteiger partial charge on any atom is 0.0900 e. The van der Waals surface area contributed by atoms with Crippen LogP contribution in [0.4, 0.5) is 0 Å². The van der Waals surface area contributed by atoms with E-state index < -0.39 is 0 Å². The predicted octanol–water partition coefficient (Wildman–Crippen LogP) is -0.466. The van der Waals surface area contributed by atoms with Crippen molar-refractivity contribution in [1.29, 1.82) is 0 Å². The number of ether oxygens (including phenoxy) is 1. The van der Waals surface area contributed by atoms with E-state index >= 15 is 0 Å². The summed E-state index contributed by atoms with van der Waals surface area (Å²) in [5, 5.41) is 10.2. The molecule has 1 unspecified atom stereocenters. The van der Waals surface area contributed by atoms with Crippen molar-refractivity contribution in [3.8, 4) is 0 Å².